The number of rotatable bonds is 19. The van der Waals surface area contributed by atoms with E-state index < -0.39 is 29.9 Å². The minimum atomic E-state index is -0.799. The van der Waals surface area contributed by atoms with Crippen molar-refractivity contribution in [1.82, 2.24) is 31.2 Å². The van der Waals surface area contributed by atoms with Gasteiger partial charge in [-0.15, -0.1) is 0 Å². The molecule has 3 amide bonds. The molecule has 0 saturated heterocycles. The number of aromatic nitrogens is 2. The Morgan fingerprint density at radius 1 is 0.849 bits per heavy atom. The third-order valence-corrected chi connectivity index (χ3v) is 8.73. The first-order valence-corrected chi connectivity index (χ1v) is 18.0. The number of nitrogens with zero attached hydrogens (tertiary/aromatic N) is 2. The number of nitrogen functional groups attached to an aromatic ring is 2. The fraction of sp³-hybridized carbons (Fsp3) is 0.432. The summed E-state index contributed by atoms with van der Waals surface area (Å²) in [6.45, 7) is 4.65. The molecule has 0 fully saturated rings. The lowest BCUT2D eigenvalue weighted by atomic mass is 9.99. The minimum absolute atomic E-state index is 0.0836. The molecule has 0 aliphatic heterocycles. The number of methoxy groups -OCH3 is 1. The van der Waals surface area contributed by atoms with E-state index in [-0.39, 0.29) is 46.7 Å². The molecule has 3 aromatic rings. The molecule has 2 atom stereocenters. The van der Waals surface area contributed by atoms with Gasteiger partial charge in [0.25, 0.3) is 5.91 Å². The van der Waals surface area contributed by atoms with Crippen LogP contribution in [0, 0.1) is 11.3 Å². The van der Waals surface area contributed by atoms with E-state index in [1.165, 1.54) is 12.7 Å². The van der Waals surface area contributed by atoms with E-state index in [0.717, 1.165) is 42.4 Å². The molecule has 1 heterocycles. The van der Waals surface area contributed by atoms with Gasteiger partial charge in [-0.25, -0.2) is 14.8 Å². The van der Waals surface area contributed by atoms with Gasteiger partial charge in [-0.3, -0.25) is 25.1 Å². The van der Waals surface area contributed by atoms with Crippen molar-refractivity contribution in [3.63, 3.8) is 0 Å². The second kappa shape index (κ2) is 21.3. The summed E-state index contributed by atoms with van der Waals surface area (Å²) in [6, 6.07) is 14.7. The molecule has 0 aliphatic rings. The maximum Gasteiger partial charge on any atom is 0.328 e. The average Bonchev–Trinajstić information content (AvgIpc) is 3.13. The Morgan fingerprint density at radius 3 is 2.06 bits per heavy atom. The van der Waals surface area contributed by atoms with Gasteiger partial charge >= 0.3 is 5.97 Å². The van der Waals surface area contributed by atoms with Crippen molar-refractivity contribution in [3.8, 4) is 11.1 Å². The van der Waals surface area contributed by atoms with Gasteiger partial charge in [-0.2, -0.15) is 0 Å². The molecule has 0 spiro atoms. The summed E-state index contributed by atoms with van der Waals surface area (Å²) in [5.74, 6) is -2.56. The van der Waals surface area contributed by atoms with Crippen LogP contribution < -0.4 is 38.5 Å². The number of amides is 3. The van der Waals surface area contributed by atoms with Crippen LogP contribution in [0.1, 0.15) is 74.0 Å². The van der Waals surface area contributed by atoms with Crippen LogP contribution in [0.4, 0.5) is 11.6 Å². The second-order valence-corrected chi connectivity index (χ2v) is 13.3. The summed E-state index contributed by atoms with van der Waals surface area (Å²) in [7, 11) is 1.28. The Kier molecular flexibility index (Phi) is 16.9. The van der Waals surface area contributed by atoms with E-state index in [1.807, 2.05) is 38.1 Å². The minimum Gasteiger partial charge on any atom is -0.467 e. The number of aryl methyl sites for hydroxylation is 2. The van der Waals surface area contributed by atoms with Crippen LogP contribution in [-0.4, -0.2) is 71.9 Å². The molecule has 286 valence electrons. The van der Waals surface area contributed by atoms with Gasteiger partial charge in [0.1, 0.15) is 12.1 Å². The van der Waals surface area contributed by atoms with Gasteiger partial charge in [0.2, 0.25) is 11.8 Å². The molecular weight excluding hydrogens is 700 g/mol. The Balaban J connectivity index is 1.40. The number of nitrogens with two attached hydrogens (primary N) is 3. The SMILES string of the molecule is COC(=O)[C@H](CCCCN)NC(=O)[C@@H](NC(=O)CCc1ccc(-c2ccc(CCCCNC(=N)NC(=O)c3nc(Cl)c(N)nc3N)cc2)cc1)C(C)C. The maximum atomic E-state index is 13.1. The number of halogens is 1. The number of nitrogens with one attached hydrogen (secondary N) is 5. The van der Waals surface area contributed by atoms with Gasteiger partial charge in [0.15, 0.2) is 28.4 Å². The van der Waals surface area contributed by atoms with Crippen molar-refractivity contribution < 1.29 is 23.9 Å². The summed E-state index contributed by atoms with van der Waals surface area (Å²) in [5.41, 5.74) is 20.8. The highest BCUT2D eigenvalue weighted by atomic mass is 35.5. The molecule has 11 N–H and O–H groups in total. The number of hydrogen-bond donors (Lipinski definition) is 8. The molecular formula is C37H51ClN10O5. The molecule has 0 unspecified atom stereocenters. The fourth-order valence-electron chi connectivity index (χ4n) is 5.40. The quantitative estimate of drug-likeness (QED) is 0.0382. The smallest absolute Gasteiger partial charge is 0.328 e. The summed E-state index contributed by atoms with van der Waals surface area (Å²) in [4.78, 5) is 58.1. The van der Waals surface area contributed by atoms with Crippen LogP contribution in [0.5, 0.6) is 0 Å². The van der Waals surface area contributed by atoms with Crippen molar-refractivity contribution in [3.05, 3.63) is 70.5 Å². The van der Waals surface area contributed by atoms with Gasteiger partial charge in [0, 0.05) is 13.0 Å². The normalized spacial score (nSPS) is 12.0. The molecule has 0 aliphatic carbocycles. The zero-order chi connectivity index (χ0) is 38.9. The van der Waals surface area contributed by atoms with Crippen molar-refractivity contribution in [1.29, 1.82) is 5.41 Å². The van der Waals surface area contributed by atoms with Crippen molar-refractivity contribution in [2.45, 2.75) is 77.3 Å². The zero-order valence-corrected chi connectivity index (χ0v) is 31.2. The van der Waals surface area contributed by atoms with Crippen molar-refractivity contribution in [2.24, 2.45) is 11.7 Å². The number of anilines is 2. The van der Waals surface area contributed by atoms with Gasteiger partial charge < -0.3 is 37.9 Å². The van der Waals surface area contributed by atoms with E-state index >= 15 is 0 Å². The highest BCUT2D eigenvalue weighted by molar-refractivity contribution is 6.31. The number of ether oxygens (including phenoxy) is 1. The Labute approximate surface area is 315 Å². The molecule has 1 aromatic heterocycles. The molecule has 53 heavy (non-hydrogen) atoms. The number of hydrogen-bond acceptors (Lipinski definition) is 11. The van der Waals surface area contributed by atoms with Crippen LogP contribution in [-0.2, 0) is 32.0 Å². The highest BCUT2D eigenvalue weighted by Crippen LogP contribution is 2.22. The summed E-state index contributed by atoms with van der Waals surface area (Å²) >= 11 is 5.82. The molecule has 3 rings (SSSR count). The number of carbonyl (C=O) groups excluding carboxylic acids is 4. The fourth-order valence-corrected chi connectivity index (χ4v) is 5.53. The van der Waals surface area contributed by atoms with Crippen molar-refractivity contribution in [2.75, 3.05) is 31.7 Å². The van der Waals surface area contributed by atoms with Gasteiger partial charge in [-0.05, 0) is 79.7 Å². The number of esters is 1. The van der Waals surface area contributed by atoms with Gasteiger partial charge in [0.05, 0.1) is 7.11 Å². The number of guanidine groups is 1. The van der Waals surface area contributed by atoms with Crippen LogP contribution in [0.15, 0.2) is 48.5 Å². The topological polar surface area (TPSA) is 253 Å². The third-order valence-electron chi connectivity index (χ3n) is 8.45. The summed E-state index contributed by atoms with van der Waals surface area (Å²) in [6.07, 6.45) is 4.98. The lowest BCUT2D eigenvalue weighted by Crippen LogP contribution is -2.53. The standard InChI is InChI=1S/C37H51ClN10O5/c1-22(2)29(34(50)44-27(36(52)53-3)9-4-6-20-39)45-28(49)19-14-24-12-17-26(18-13-24)25-15-10-23(11-16-25)8-5-7-21-43-37(42)48-35(51)30-32(40)47-33(41)31(38)46-30/h10-13,15-18,22,27,29H,4-9,14,19-21,39H2,1-3H3,(H,44,50)(H,45,49)(H4,40,41,47)(H3,42,43,48,51)/t27-,29-/m0/s1. The van der Waals surface area contributed by atoms with E-state index in [1.54, 1.807) is 0 Å². The molecule has 16 heteroatoms. The Morgan fingerprint density at radius 2 is 1.47 bits per heavy atom. The highest BCUT2D eigenvalue weighted by Gasteiger charge is 2.29. The Hall–Kier alpha value is -5.28. The first-order chi connectivity index (χ1) is 25.3. The zero-order valence-electron chi connectivity index (χ0n) is 30.5. The lowest BCUT2D eigenvalue weighted by Gasteiger charge is -2.24. The van der Waals surface area contributed by atoms with E-state index in [9.17, 15) is 19.2 Å². The molecule has 0 radical (unpaired) electrons. The van der Waals surface area contributed by atoms with Crippen LogP contribution >= 0.6 is 11.6 Å². The average molecular weight is 751 g/mol. The predicted molar refractivity (Wildman–Crippen MR) is 206 cm³/mol. The van der Waals surface area contributed by atoms with E-state index in [4.69, 9.17) is 38.9 Å². The molecule has 0 saturated carbocycles. The summed E-state index contributed by atoms with van der Waals surface area (Å²) < 4.78 is 4.85. The second-order valence-electron chi connectivity index (χ2n) is 12.9. The summed E-state index contributed by atoms with van der Waals surface area (Å²) in [5, 5.41) is 18.6. The molecule has 0 bridgehead atoms. The lowest BCUT2D eigenvalue weighted by molar-refractivity contribution is -0.145. The Bertz CT molecular complexity index is 1700. The number of unbranched alkanes of at least 4 members (excludes halogenated alkanes) is 2. The number of benzene rings is 2. The molecule has 2 aromatic carbocycles. The molecule has 15 nitrogen and oxygen atoms in total. The van der Waals surface area contributed by atoms with Crippen LogP contribution in [0.3, 0.4) is 0 Å². The maximum absolute atomic E-state index is 13.1. The van der Waals surface area contributed by atoms with Crippen molar-refractivity contribution >= 4 is 52.9 Å². The van der Waals surface area contributed by atoms with Crippen LogP contribution in [0.25, 0.3) is 11.1 Å². The number of carbonyl (C=O) groups is 4. The van der Waals surface area contributed by atoms with E-state index in [0.29, 0.717) is 32.4 Å². The first-order valence-electron chi connectivity index (χ1n) is 17.6. The third kappa shape index (κ3) is 13.7. The van der Waals surface area contributed by atoms with E-state index in [2.05, 4.69) is 55.5 Å². The largest absolute Gasteiger partial charge is 0.467 e. The predicted octanol–water partition coefficient (Wildman–Crippen LogP) is 3.10. The van der Waals surface area contributed by atoms with Gasteiger partial charge in [-0.1, -0.05) is 74.0 Å². The first kappa shape index (κ1) is 42.1. The van der Waals surface area contributed by atoms with Crippen LogP contribution in [0.2, 0.25) is 5.15 Å². The monoisotopic (exact) mass is 750 g/mol.